The van der Waals surface area contributed by atoms with E-state index >= 15 is 0 Å². The Bertz CT molecular complexity index is 988. The van der Waals surface area contributed by atoms with Gasteiger partial charge in [-0.1, -0.05) is 36.3 Å². The van der Waals surface area contributed by atoms with Crippen molar-refractivity contribution in [3.63, 3.8) is 0 Å². The van der Waals surface area contributed by atoms with Crippen LogP contribution in [0.5, 0.6) is 0 Å². The summed E-state index contributed by atoms with van der Waals surface area (Å²) >= 11 is 0. The molecule has 0 aliphatic heterocycles. The molecule has 3 rings (SSSR count). The van der Waals surface area contributed by atoms with Crippen LogP contribution in [0.3, 0.4) is 0 Å². The molecule has 0 aliphatic rings. The first-order valence-corrected chi connectivity index (χ1v) is 8.18. The van der Waals surface area contributed by atoms with Crippen molar-refractivity contribution in [2.75, 3.05) is 0 Å². The topological polar surface area (TPSA) is 90.0 Å². The van der Waals surface area contributed by atoms with Crippen molar-refractivity contribution >= 4 is 17.0 Å². The summed E-state index contributed by atoms with van der Waals surface area (Å²) in [6, 6.07) is 7.84. The normalized spacial score (nSPS) is 11.0. The highest BCUT2D eigenvalue weighted by atomic mass is 16.5. The Balaban J connectivity index is 1.81. The average Bonchev–Trinajstić information content (AvgIpc) is 3.00. The minimum atomic E-state index is -0.299. The SMILES string of the molecule is CCc1noc2nc(C)n(CC(=O)NCc3ccccc3C)c(=O)c12. The third kappa shape index (κ3) is 3.31. The van der Waals surface area contributed by atoms with Crippen molar-refractivity contribution in [3.8, 4) is 0 Å². The van der Waals surface area contributed by atoms with Gasteiger partial charge in [-0.25, -0.2) is 0 Å². The number of rotatable bonds is 5. The van der Waals surface area contributed by atoms with Crippen LogP contribution in [0.15, 0.2) is 33.6 Å². The molecule has 0 saturated carbocycles. The zero-order chi connectivity index (χ0) is 18.0. The number of hydrogen-bond acceptors (Lipinski definition) is 5. The van der Waals surface area contributed by atoms with Crippen LogP contribution in [-0.4, -0.2) is 20.6 Å². The minimum absolute atomic E-state index is 0.0895. The lowest BCUT2D eigenvalue weighted by Crippen LogP contribution is -2.33. The third-order valence-electron chi connectivity index (χ3n) is 4.23. The van der Waals surface area contributed by atoms with Gasteiger partial charge in [0.05, 0.1) is 5.69 Å². The molecular formula is C18H20N4O3. The second kappa shape index (κ2) is 6.88. The third-order valence-corrected chi connectivity index (χ3v) is 4.23. The van der Waals surface area contributed by atoms with E-state index in [2.05, 4.69) is 15.5 Å². The highest BCUT2D eigenvalue weighted by Gasteiger charge is 2.17. The van der Waals surface area contributed by atoms with Crippen LogP contribution in [0.1, 0.15) is 29.6 Å². The van der Waals surface area contributed by atoms with E-state index in [9.17, 15) is 9.59 Å². The van der Waals surface area contributed by atoms with E-state index in [1.165, 1.54) is 4.57 Å². The van der Waals surface area contributed by atoms with E-state index in [4.69, 9.17) is 4.52 Å². The second-order valence-corrected chi connectivity index (χ2v) is 5.92. The highest BCUT2D eigenvalue weighted by Crippen LogP contribution is 2.13. The monoisotopic (exact) mass is 340 g/mol. The van der Waals surface area contributed by atoms with Gasteiger partial charge in [0.25, 0.3) is 11.3 Å². The minimum Gasteiger partial charge on any atom is -0.350 e. The van der Waals surface area contributed by atoms with Gasteiger partial charge in [-0.2, -0.15) is 4.98 Å². The van der Waals surface area contributed by atoms with Gasteiger partial charge in [0.2, 0.25) is 5.91 Å². The zero-order valence-electron chi connectivity index (χ0n) is 14.5. The predicted molar refractivity (Wildman–Crippen MR) is 93.2 cm³/mol. The Kier molecular flexibility index (Phi) is 4.65. The molecule has 0 atom stereocenters. The molecular weight excluding hydrogens is 320 g/mol. The number of carbonyl (C=O) groups excluding carboxylic acids is 1. The number of nitrogens with one attached hydrogen (secondary N) is 1. The van der Waals surface area contributed by atoms with Crippen molar-refractivity contribution in [2.45, 2.75) is 40.3 Å². The summed E-state index contributed by atoms with van der Waals surface area (Å²) in [6.07, 6.45) is 0.562. The fourth-order valence-electron chi connectivity index (χ4n) is 2.72. The number of aromatic nitrogens is 3. The van der Waals surface area contributed by atoms with Crippen molar-refractivity contribution < 1.29 is 9.32 Å². The summed E-state index contributed by atoms with van der Waals surface area (Å²) < 4.78 is 6.46. The molecule has 7 nitrogen and oxygen atoms in total. The second-order valence-electron chi connectivity index (χ2n) is 5.92. The maximum absolute atomic E-state index is 12.7. The van der Waals surface area contributed by atoms with E-state index in [-0.39, 0.29) is 23.7 Å². The molecule has 0 unspecified atom stereocenters. The standard InChI is InChI=1S/C18H20N4O3/c1-4-14-16-17(25-21-14)20-12(3)22(18(16)24)10-15(23)19-9-13-8-6-5-7-11(13)2/h5-8H,4,9-10H2,1-3H3,(H,19,23). The largest absolute Gasteiger partial charge is 0.350 e. The van der Waals surface area contributed by atoms with Crippen molar-refractivity contribution in [2.24, 2.45) is 0 Å². The number of fused-ring (bicyclic) bond motifs is 1. The van der Waals surface area contributed by atoms with Gasteiger partial charge < -0.3 is 9.84 Å². The molecule has 7 heteroatoms. The van der Waals surface area contributed by atoms with Crippen LogP contribution in [-0.2, 0) is 24.3 Å². The smallest absolute Gasteiger partial charge is 0.267 e. The lowest BCUT2D eigenvalue weighted by molar-refractivity contribution is -0.121. The van der Waals surface area contributed by atoms with Gasteiger partial charge in [0.1, 0.15) is 17.8 Å². The van der Waals surface area contributed by atoms with Crippen molar-refractivity contribution in [3.05, 3.63) is 57.3 Å². The number of hydrogen-bond donors (Lipinski definition) is 1. The number of aryl methyl sites for hydroxylation is 3. The molecule has 0 fully saturated rings. The number of amides is 1. The summed E-state index contributed by atoms with van der Waals surface area (Å²) in [4.78, 5) is 29.2. The Hall–Kier alpha value is -2.96. The van der Waals surface area contributed by atoms with E-state index in [1.54, 1.807) is 6.92 Å². The van der Waals surface area contributed by atoms with Crippen LogP contribution in [0.25, 0.3) is 11.1 Å². The maximum Gasteiger partial charge on any atom is 0.267 e. The fourth-order valence-corrected chi connectivity index (χ4v) is 2.72. The van der Waals surface area contributed by atoms with E-state index in [0.717, 1.165) is 11.1 Å². The molecule has 0 saturated heterocycles. The average molecular weight is 340 g/mol. The summed E-state index contributed by atoms with van der Waals surface area (Å²) in [7, 11) is 0. The summed E-state index contributed by atoms with van der Waals surface area (Å²) in [5, 5.41) is 7.07. The lowest BCUT2D eigenvalue weighted by atomic mass is 10.1. The van der Waals surface area contributed by atoms with E-state index in [0.29, 0.717) is 29.9 Å². The molecule has 0 bridgehead atoms. The molecule has 0 aliphatic carbocycles. The molecule has 2 heterocycles. The summed E-state index contributed by atoms with van der Waals surface area (Å²) in [6.45, 7) is 5.88. The first-order chi connectivity index (χ1) is 12.0. The molecule has 3 aromatic rings. The Morgan fingerprint density at radius 2 is 2.04 bits per heavy atom. The van der Waals surface area contributed by atoms with Crippen LogP contribution in [0, 0.1) is 13.8 Å². The molecule has 1 aromatic carbocycles. The van der Waals surface area contributed by atoms with Crippen LogP contribution in [0.4, 0.5) is 0 Å². The molecule has 25 heavy (non-hydrogen) atoms. The van der Waals surface area contributed by atoms with Crippen LogP contribution >= 0.6 is 0 Å². The number of benzene rings is 1. The first-order valence-electron chi connectivity index (χ1n) is 8.18. The highest BCUT2D eigenvalue weighted by molar-refractivity contribution is 5.78. The summed E-state index contributed by atoms with van der Waals surface area (Å²) in [5.41, 5.74) is 2.63. The van der Waals surface area contributed by atoms with Gasteiger partial charge in [0.15, 0.2) is 0 Å². The fraction of sp³-hybridized carbons (Fsp3) is 0.333. The van der Waals surface area contributed by atoms with Gasteiger partial charge >= 0.3 is 0 Å². The Morgan fingerprint density at radius 3 is 2.76 bits per heavy atom. The van der Waals surface area contributed by atoms with E-state index in [1.807, 2.05) is 38.1 Å². The predicted octanol–water partition coefficient (Wildman–Crippen LogP) is 1.88. The lowest BCUT2D eigenvalue weighted by Gasteiger charge is -2.11. The Morgan fingerprint density at radius 1 is 1.28 bits per heavy atom. The van der Waals surface area contributed by atoms with Crippen LogP contribution in [0.2, 0.25) is 0 Å². The molecule has 0 radical (unpaired) electrons. The maximum atomic E-state index is 12.7. The molecule has 1 amide bonds. The molecule has 2 aromatic heterocycles. The zero-order valence-corrected chi connectivity index (χ0v) is 14.5. The quantitative estimate of drug-likeness (QED) is 0.766. The summed E-state index contributed by atoms with van der Waals surface area (Å²) in [5.74, 6) is 0.173. The first kappa shape index (κ1) is 16.9. The van der Waals surface area contributed by atoms with Gasteiger partial charge in [-0.15, -0.1) is 0 Å². The van der Waals surface area contributed by atoms with Crippen molar-refractivity contribution in [1.82, 2.24) is 20.0 Å². The van der Waals surface area contributed by atoms with Crippen LogP contribution < -0.4 is 10.9 Å². The van der Waals surface area contributed by atoms with Gasteiger partial charge in [-0.05, 0) is 31.4 Å². The van der Waals surface area contributed by atoms with Crippen molar-refractivity contribution in [1.29, 1.82) is 0 Å². The number of nitrogens with zero attached hydrogens (tertiary/aromatic N) is 3. The van der Waals surface area contributed by atoms with Gasteiger partial charge in [-0.3, -0.25) is 14.2 Å². The molecule has 1 N–H and O–H groups in total. The molecule has 130 valence electrons. The molecule has 0 spiro atoms. The van der Waals surface area contributed by atoms with Gasteiger partial charge in [0, 0.05) is 6.54 Å². The Labute approximate surface area is 144 Å². The number of carbonyl (C=O) groups is 1. The van der Waals surface area contributed by atoms with E-state index < -0.39 is 0 Å².